The number of hydrogen-bond acceptors (Lipinski definition) is 3. The van der Waals surface area contributed by atoms with Crippen LogP contribution in [0.4, 0.5) is 0 Å². The minimum Gasteiger partial charge on any atom is -0.481 e. The van der Waals surface area contributed by atoms with Crippen molar-refractivity contribution in [3.63, 3.8) is 0 Å². The molecule has 0 aromatic heterocycles. The molecule has 5 nitrogen and oxygen atoms in total. The maximum atomic E-state index is 11.3. The number of carbonyl (C=O) groups is 3. The summed E-state index contributed by atoms with van der Waals surface area (Å²) in [7, 11) is 0. The van der Waals surface area contributed by atoms with Gasteiger partial charge in [0.05, 0.1) is 12.0 Å². The summed E-state index contributed by atoms with van der Waals surface area (Å²) in [5.41, 5.74) is 0.508. The molecule has 0 saturated heterocycles. The zero-order chi connectivity index (χ0) is 13.5. The Morgan fingerprint density at radius 1 is 1.06 bits per heavy atom. The first-order valence-electron chi connectivity index (χ1n) is 5.25. The van der Waals surface area contributed by atoms with Crippen molar-refractivity contribution in [3.8, 4) is 0 Å². The van der Waals surface area contributed by atoms with Gasteiger partial charge in [-0.3, -0.25) is 9.59 Å². The first-order valence-corrected chi connectivity index (χ1v) is 5.25. The molecule has 0 unspecified atom stereocenters. The number of aromatic carboxylic acids is 1. The molecule has 1 aromatic carbocycles. The minimum absolute atomic E-state index is 0.0962. The van der Waals surface area contributed by atoms with E-state index in [2.05, 4.69) is 0 Å². The van der Waals surface area contributed by atoms with Gasteiger partial charge in [-0.1, -0.05) is 24.3 Å². The van der Waals surface area contributed by atoms with Crippen molar-refractivity contribution >= 4 is 23.8 Å². The largest absolute Gasteiger partial charge is 0.481 e. The lowest BCUT2D eigenvalue weighted by atomic mass is 10.1. The molecule has 2 N–H and O–H groups in total. The van der Waals surface area contributed by atoms with Gasteiger partial charge >= 0.3 is 11.9 Å². The number of ketones is 1. The van der Waals surface area contributed by atoms with Gasteiger partial charge in [0, 0.05) is 6.42 Å². The Bertz CT molecular complexity index is 502. The number of allylic oxidation sites excluding steroid dienone is 1. The van der Waals surface area contributed by atoms with Gasteiger partial charge in [-0.15, -0.1) is 0 Å². The maximum absolute atomic E-state index is 11.3. The van der Waals surface area contributed by atoms with Gasteiger partial charge in [-0.2, -0.15) is 0 Å². The van der Waals surface area contributed by atoms with Gasteiger partial charge in [0.25, 0.3) is 0 Å². The Hall–Kier alpha value is -2.43. The van der Waals surface area contributed by atoms with Crippen LogP contribution >= 0.6 is 0 Å². The molecule has 18 heavy (non-hydrogen) atoms. The van der Waals surface area contributed by atoms with E-state index in [0.717, 1.165) is 0 Å². The van der Waals surface area contributed by atoms with Gasteiger partial charge in [-0.05, 0) is 17.7 Å². The fourth-order valence-electron chi connectivity index (χ4n) is 1.33. The summed E-state index contributed by atoms with van der Waals surface area (Å²) in [4.78, 5) is 32.5. The molecule has 1 aromatic rings. The van der Waals surface area contributed by atoms with E-state index in [9.17, 15) is 14.4 Å². The van der Waals surface area contributed by atoms with Crippen LogP contribution in [-0.2, 0) is 9.59 Å². The van der Waals surface area contributed by atoms with E-state index in [4.69, 9.17) is 10.2 Å². The second-order valence-electron chi connectivity index (χ2n) is 3.59. The zero-order valence-electron chi connectivity index (χ0n) is 9.50. The first kappa shape index (κ1) is 13.6. The minimum atomic E-state index is -1.08. The summed E-state index contributed by atoms with van der Waals surface area (Å²) in [5, 5.41) is 17.3. The molecule has 0 bridgehead atoms. The maximum Gasteiger partial charge on any atom is 0.336 e. The van der Waals surface area contributed by atoms with Crippen LogP contribution in [0.1, 0.15) is 28.8 Å². The lowest BCUT2D eigenvalue weighted by Crippen LogP contribution is -2.01. The molecule has 0 atom stereocenters. The van der Waals surface area contributed by atoms with Gasteiger partial charge in [0.15, 0.2) is 5.78 Å². The molecule has 0 fully saturated rings. The Morgan fingerprint density at radius 3 is 2.33 bits per heavy atom. The summed E-state index contributed by atoms with van der Waals surface area (Å²) >= 11 is 0. The van der Waals surface area contributed by atoms with Gasteiger partial charge in [-0.25, -0.2) is 4.79 Å². The van der Waals surface area contributed by atoms with E-state index in [1.807, 2.05) is 0 Å². The molecule has 0 aliphatic carbocycles. The van der Waals surface area contributed by atoms with Crippen LogP contribution in [0.5, 0.6) is 0 Å². The third kappa shape index (κ3) is 4.21. The number of benzene rings is 1. The van der Waals surface area contributed by atoms with Gasteiger partial charge in [0.1, 0.15) is 0 Å². The fraction of sp³-hybridized carbons (Fsp3) is 0.154. The normalized spacial score (nSPS) is 10.4. The van der Waals surface area contributed by atoms with E-state index in [1.165, 1.54) is 18.2 Å². The van der Waals surface area contributed by atoms with E-state index in [-0.39, 0.29) is 24.2 Å². The highest BCUT2D eigenvalue weighted by Gasteiger charge is 2.07. The lowest BCUT2D eigenvalue weighted by molar-refractivity contribution is -0.138. The monoisotopic (exact) mass is 248 g/mol. The molecule has 0 amide bonds. The SMILES string of the molecule is O=C(O)CCC(=O)/C=C/c1ccccc1C(=O)O. The zero-order valence-corrected chi connectivity index (χ0v) is 9.50. The number of carboxylic acid groups (broad SMARTS) is 2. The number of carboxylic acids is 2. The number of carbonyl (C=O) groups excluding carboxylic acids is 1. The molecule has 1 rings (SSSR count). The van der Waals surface area contributed by atoms with E-state index in [1.54, 1.807) is 18.2 Å². The first-order chi connectivity index (χ1) is 8.50. The Morgan fingerprint density at radius 2 is 1.72 bits per heavy atom. The van der Waals surface area contributed by atoms with Crippen LogP contribution in [0.2, 0.25) is 0 Å². The molecular formula is C13H12O5. The van der Waals surface area contributed by atoms with Crippen molar-refractivity contribution in [1.29, 1.82) is 0 Å². The number of rotatable bonds is 6. The molecule has 0 aliphatic rings. The predicted octanol–water partition coefficient (Wildman–Crippen LogP) is 1.83. The third-order valence-corrected chi connectivity index (χ3v) is 2.23. The summed E-state index contributed by atoms with van der Waals surface area (Å²) in [6.45, 7) is 0. The summed E-state index contributed by atoms with van der Waals surface area (Å²) < 4.78 is 0. The molecule has 0 spiro atoms. The van der Waals surface area contributed by atoms with Crippen LogP contribution < -0.4 is 0 Å². The Balaban J connectivity index is 2.75. The average molecular weight is 248 g/mol. The highest BCUT2D eigenvalue weighted by atomic mass is 16.4. The average Bonchev–Trinajstić information content (AvgIpc) is 2.34. The third-order valence-electron chi connectivity index (χ3n) is 2.23. The predicted molar refractivity (Wildman–Crippen MR) is 64.3 cm³/mol. The molecule has 0 saturated carbocycles. The second kappa shape index (κ2) is 6.34. The Kier molecular flexibility index (Phi) is 4.80. The van der Waals surface area contributed by atoms with Crippen molar-refractivity contribution in [2.24, 2.45) is 0 Å². The highest BCUT2D eigenvalue weighted by molar-refractivity contribution is 5.98. The quantitative estimate of drug-likeness (QED) is 0.749. The lowest BCUT2D eigenvalue weighted by Gasteiger charge is -1.99. The molecule has 0 heterocycles. The number of hydrogen-bond donors (Lipinski definition) is 2. The second-order valence-corrected chi connectivity index (χ2v) is 3.59. The van der Waals surface area contributed by atoms with Crippen LogP contribution in [0.15, 0.2) is 30.3 Å². The van der Waals surface area contributed by atoms with Crippen LogP contribution in [0, 0.1) is 0 Å². The topological polar surface area (TPSA) is 91.7 Å². The smallest absolute Gasteiger partial charge is 0.336 e. The highest BCUT2D eigenvalue weighted by Crippen LogP contribution is 2.11. The fourth-order valence-corrected chi connectivity index (χ4v) is 1.33. The molecular weight excluding hydrogens is 236 g/mol. The summed E-state index contributed by atoms with van der Waals surface area (Å²) in [6.07, 6.45) is 2.25. The van der Waals surface area contributed by atoms with Crippen molar-refractivity contribution in [2.75, 3.05) is 0 Å². The van der Waals surface area contributed by atoms with Crippen LogP contribution in [0.3, 0.4) is 0 Å². The van der Waals surface area contributed by atoms with E-state index >= 15 is 0 Å². The van der Waals surface area contributed by atoms with Crippen molar-refractivity contribution in [1.82, 2.24) is 0 Å². The van der Waals surface area contributed by atoms with Crippen molar-refractivity contribution in [3.05, 3.63) is 41.5 Å². The van der Waals surface area contributed by atoms with Gasteiger partial charge in [0.2, 0.25) is 0 Å². The standard InChI is InChI=1S/C13H12O5/c14-10(7-8-12(15)16)6-5-9-3-1-2-4-11(9)13(17)18/h1-6H,7-8H2,(H,15,16)(H,17,18)/b6-5+. The van der Waals surface area contributed by atoms with E-state index < -0.39 is 11.9 Å². The number of aliphatic carboxylic acids is 1. The summed E-state index contributed by atoms with van der Waals surface area (Å²) in [5.74, 6) is -2.46. The van der Waals surface area contributed by atoms with E-state index in [0.29, 0.717) is 5.56 Å². The van der Waals surface area contributed by atoms with Crippen molar-refractivity contribution in [2.45, 2.75) is 12.8 Å². The molecule has 94 valence electrons. The van der Waals surface area contributed by atoms with Crippen LogP contribution in [0.25, 0.3) is 6.08 Å². The molecule has 5 heteroatoms. The Labute approximate surface area is 103 Å². The molecule has 0 aliphatic heterocycles. The molecule has 0 radical (unpaired) electrons. The van der Waals surface area contributed by atoms with Gasteiger partial charge < -0.3 is 10.2 Å². The van der Waals surface area contributed by atoms with Crippen LogP contribution in [-0.4, -0.2) is 27.9 Å². The summed E-state index contributed by atoms with van der Waals surface area (Å²) in [6, 6.07) is 6.26. The van der Waals surface area contributed by atoms with Crippen molar-refractivity contribution < 1.29 is 24.6 Å².